The Morgan fingerprint density at radius 1 is 0.895 bits per heavy atom. The quantitative estimate of drug-likeness (QED) is 0.581. The third-order valence-electron chi connectivity index (χ3n) is 2.87. The Kier molecular flexibility index (Phi) is 4.66. The molecule has 0 radical (unpaired) electrons. The van der Waals surface area contributed by atoms with Gasteiger partial charge < -0.3 is 15.5 Å². The molecule has 2 aromatic carbocycles. The molecule has 4 heteroatoms. The third kappa shape index (κ3) is 4.16. The predicted molar refractivity (Wildman–Crippen MR) is 76.6 cm³/mol. The fourth-order valence-corrected chi connectivity index (χ4v) is 1.92. The Balaban J connectivity index is 1.77. The van der Waals surface area contributed by atoms with Gasteiger partial charge in [0, 0.05) is 11.6 Å². The summed E-state index contributed by atoms with van der Waals surface area (Å²) in [5.74, 6) is -0.179. The van der Waals surface area contributed by atoms with E-state index < -0.39 is 0 Å². The molecule has 2 aromatic rings. The molecule has 0 unspecified atom stereocenters. The van der Waals surface area contributed by atoms with E-state index >= 15 is 0 Å². The van der Waals surface area contributed by atoms with Gasteiger partial charge in [0.05, 0.1) is 0 Å². The highest BCUT2D eigenvalue weighted by Crippen LogP contribution is 2.24. The van der Waals surface area contributed by atoms with Crippen LogP contribution >= 0.6 is 11.6 Å². The highest BCUT2D eigenvalue weighted by molar-refractivity contribution is 6.30. The molecule has 0 aromatic heterocycles. The van der Waals surface area contributed by atoms with E-state index in [9.17, 15) is 10.2 Å². The molecule has 100 valence electrons. The lowest BCUT2D eigenvalue weighted by Crippen LogP contribution is -2.16. The van der Waals surface area contributed by atoms with Gasteiger partial charge in [-0.1, -0.05) is 29.8 Å². The Morgan fingerprint density at radius 2 is 1.58 bits per heavy atom. The average molecular weight is 278 g/mol. The van der Waals surface area contributed by atoms with Gasteiger partial charge in [-0.2, -0.15) is 0 Å². The van der Waals surface area contributed by atoms with Crippen molar-refractivity contribution in [2.45, 2.75) is 13.0 Å². The van der Waals surface area contributed by atoms with Crippen molar-refractivity contribution < 1.29 is 10.2 Å². The van der Waals surface area contributed by atoms with Crippen LogP contribution in [0.1, 0.15) is 11.1 Å². The molecule has 0 amide bonds. The summed E-state index contributed by atoms with van der Waals surface area (Å²) in [7, 11) is 0. The smallest absolute Gasteiger partial charge is 0.157 e. The van der Waals surface area contributed by atoms with Gasteiger partial charge in [0.2, 0.25) is 0 Å². The lowest BCUT2D eigenvalue weighted by Gasteiger charge is -2.06. The summed E-state index contributed by atoms with van der Waals surface area (Å²) in [5.41, 5.74) is 2.16. The molecule has 0 bridgehead atoms. The van der Waals surface area contributed by atoms with Crippen molar-refractivity contribution in [2.75, 3.05) is 6.54 Å². The molecule has 0 fully saturated rings. The summed E-state index contributed by atoms with van der Waals surface area (Å²) in [4.78, 5) is 0. The van der Waals surface area contributed by atoms with E-state index in [0.717, 1.165) is 23.6 Å². The number of benzene rings is 2. The summed E-state index contributed by atoms with van der Waals surface area (Å²) in [6, 6.07) is 12.6. The lowest BCUT2D eigenvalue weighted by atomic mass is 10.1. The highest BCUT2D eigenvalue weighted by atomic mass is 35.5. The van der Waals surface area contributed by atoms with Crippen molar-refractivity contribution in [1.29, 1.82) is 0 Å². The first kappa shape index (κ1) is 13.7. The zero-order valence-electron chi connectivity index (χ0n) is 10.4. The molecule has 0 saturated heterocycles. The molecule has 0 aliphatic carbocycles. The summed E-state index contributed by atoms with van der Waals surface area (Å²) < 4.78 is 0. The lowest BCUT2D eigenvalue weighted by molar-refractivity contribution is 0.403. The van der Waals surface area contributed by atoms with Gasteiger partial charge >= 0.3 is 0 Å². The largest absolute Gasteiger partial charge is 0.504 e. The highest BCUT2D eigenvalue weighted by Gasteiger charge is 2.00. The maximum atomic E-state index is 9.37. The second-order valence-electron chi connectivity index (χ2n) is 4.38. The van der Waals surface area contributed by atoms with Crippen LogP contribution in [0.4, 0.5) is 0 Å². The van der Waals surface area contributed by atoms with Gasteiger partial charge in [0.1, 0.15) is 0 Å². The van der Waals surface area contributed by atoms with E-state index in [0.29, 0.717) is 6.54 Å². The first-order valence-corrected chi connectivity index (χ1v) is 6.49. The standard InChI is InChI=1S/C15H16ClNO2/c16-13-4-1-11(2-5-13)7-8-17-10-12-3-6-14(18)15(19)9-12/h1-6,9,17-19H,7-8,10H2. The van der Waals surface area contributed by atoms with Gasteiger partial charge in [0.25, 0.3) is 0 Å². The number of rotatable bonds is 5. The average Bonchev–Trinajstić information content (AvgIpc) is 2.41. The summed E-state index contributed by atoms with van der Waals surface area (Å²) in [6.45, 7) is 1.49. The van der Waals surface area contributed by atoms with Crippen LogP contribution in [0.3, 0.4) is 0 Å². The van der Waals surface area contributed by atoms with E-state index in [1.165, 1.54) is 11.6 Å². The SMILES string of the molecule is Oc1ccc(CNCCc2ccc(Cl)cc2)cc1O. The molecule has 19 heavy (non-hydrogen) atoms. The number of aromatic hydroxyl groups is 2. The number of phenols is 2. The number of hydrogen-bond donors (Lipinski definition) is 3. The van der Waals surface area contributed by atoms with E-state index in [4.69, 9.17) is 11.6 Å². The second-order valence-corrected chi connectivity index (χ2v) is 4.81. The van der Waals surface area contributed by atoms with E-state index in [1.807, 2.05) is 24.3 Å². The second kappa shape index (κ2) is 6.45. The van der Waals surface area contributed by atoms with Crippen LogP contribution in [0.2, 0.25) is 5.02 Å². The summed E-state index contributed by atoms with van der Waals surface area (Å²) in [5, 5.41) is 22.6. The first-order chi connectivity index (χ1) is 9.15. The van der Waals surface area contributed by atoms with E-state index in [2.05, 4.69) is 5.32 Å². The molecular weight excluding hydrogens is 262 g/mol. The first-order valence-electron chi connectivity index (χ1n) is 6.11. The number of nitrogens with one attached hydrogen (secondary N) is 1. The van der Waals surface area contributed by atoms with Crippen LogP contribution in [0.5, 0.6) is 11.5 Å². The van der Waals surface area contributed by atoms with Crippen molar-refractivity contribution >= 4 is 11.6 Å². The topological polar surface area (TPSA) is 52.5 Å². The van der Waals surface area contributed by atoms with Crippen molar-refractivity contribution in [2.24, 2.45) is 0 Å². The molecule has 2 rings (SSSR count). The van der Waals surface area contributed by atoms with Crippen LogP contribution in [0.25, 0.3) is 0 Å². The van der Waals surface area contributed by atoms with Crippen molar-refractivity contribution in [3.63, 3.8) is 0 Å². The minimum Gasteiger partial charge on any atom is -0.504 e. The van der Waals surface area contributed by atoms with E-state index in [1.54, 1.807) is 12.1 Å². The molecule has 0 aliphatic heterocycles. The minimum absolute atomic E-state index is 0.0861. The fraction of sp³-hybridized carbons (Fsp3) is 0.200. The molecule has 0 saturated carbocycles. The van der Waals surface area contributed by atoms with Crippen molar-refractivity contribution in [3.05, 3.63) is 58.6 Å². The molecule has 0 spiro atoms. The number of phenolic OH excluding ortho intramolecular Hbond substituents is 2. The van der Waals surface area contributed by atoms with Crippen LogP contribution in [-0.2, 0) is 13.0 Å². The molecule has 3 nitrogen and oxygen atoms in total. The third-order valence-corrected chi connectivity index (χ3v) is 3.12. The minimum atomic E-state index is -0.0927. The maximum absolute atomic E-state index is 9.37. The van der Waals surface area contributed by atoms with Gasteiger partial charge in [-0.3, -0.25) is 0 Å². The summed E-state index contributed by atoms with van der Waals surface area (Å²) in [6.07, 6.45) is 0.918. The maximum Gasteiger partial charge on any atom is 0.157 e. The Bertz CT molecular complexity index is 540. The van der Waals surface area contributed by atoms with Crippen LogP contribution in [0.15, 0.2) is 42.5 Å². The normalized spacial score (nSPS) is 10.6. The van der Waals surface area contributed by atoms with Gasteiger partial charge in [-0.15, -0.1) is 0 Å². The van der Waals surface area contributed by atoms with Gasteiger partial charge in [0.15, 0.2) is 11.5 Å². The molecule has 0 aliphatic rings. The van der Waals surface area contributed by atoms with Crippen molar-refractivity contribution in [3.8, 4) is 11.5 Å². The Hall–Kier alpha value is -1.71. The number of hydrogen-bond acceptors (Lipinski definition) is 3. The zero-order valence-corrected chi connectivity index (χ0v) is 11.2. The predicted octanol–water partition coefficient (Wildman–Crippen LogP) is 3.08. The fourth-order valence-electron chi connectivity index (χ4n) is 1.80. The van der Waals surface area contributed by atoms with Gasteiger partial charge in [-0.25, -0.2) is 0 Å². The van der Waals surface area contributed by atoms with Crippen LogP contribution in [-0.4, -0.2) is 16.8 Å². The van der Waals surface area contributed by atoms with Gasteiger partial charge in [-0.05, 0) is 48.4 Å². The van der Waals surface area contributed by atoms with Crippen LogP contribution < -0.4 is 5.32 Å². The molecule has 0 atom stereocenters. The molecular formula is C15H16ClNO2. The Morgan fingerprint density at radius 3 is 2.26 bits per heavy atom. The Labute approximate surface area is 117 Å². The summed E-state index contributed by atoms with van der Waals surface area (Å²) >= 11 is 5.82. The molecule has 0 heterocycles. The van der Waals surface area contributed by atoms with Crippen LogP contribution in [0, 0.1) is 0 Å². The monoisotopic (exact) mass is 277 g/mol. The molecule has 3 N–H and O–H groups in total. The zero-order chi connectivity index (χ0) is 13.7. The van der Waals surface area contributed by atoms with Crippen molar-refractivity contribution in [1.82, 2.24) is 5.32 Å². The number of halogens is 1. The van der Waals surface area contributed by atoms with E-state index in [-0.39, 0.29) is 11.5 Å².